The predicted molar refractivity (Wildman–Crippen MR) is 141 cm³/mol. The standard InChI is InChI=1S/C28H35N5O2/c1-6-19(2)8-7-9-25-22(5)31-28(34)33(25)23-12-14-32(15-13-23)26-17-27(30-18-29-26)35-24-11-10-20(3)21(4)16-24/h7-11,16-18,23H,6,12-15H2,1-5H3,(H,31,34)/b9-7-,19-8+. The number of aromatic amines is 1. The number of ether oxygens (including phenoxy) is 1. The van der Waals surface area contributed by atoms with Crippen LogP contribution in [0.1, 0.15) is 61.7 Å². The van der Waals surface area contributed by atoms with Crippen LogP contribution in [0.4, 0.5) is 5.82 Å². The van der Waals surface area contributed by atoms with Crippen molar-refractivity contribution in [3.8, 4) is 11.6 Å². The molecule has 0 amide bonds. The van der Waals surface area contributed by atoms with Crippen LogP contribution in [-0.4, -0.2) is 32.6 Å². The second-order valence-electron chi connectivity index (χ2n) is 9.32. The van der Waals surface area contributed by atoms with Crippen LogP contribution in [-0.2, 0) is 0 Å². The number of piperidine rings is 1. The maximum absolute atomic E-state index is 12.7. The summed E-state index contributed by atoms with van der Waals surface area (Å²) < 4.78 is 7.92. The van der Waals surface area contributed by atoms with Gasteiger partial charge < -0.3 is 14.6 Å². The number of imidazole rings is 1. The molecule has 3 heterocycles. The number of hydrogen-bond donors (Lipinski definition) is 1. The van der Waals surface area contributed by atoms with Crippen LogP contribution in [0.25, 0.3) is 6.08 Å². The molecule has 0 spiro atoms. The predicted octanol–water partition coefficient (Wildman–Crippen LogP) is 5.89. The first-order valence-corrected chi connectivity index (χ1v) is 12.3. The first kappa shape index (κ1) is 24.5. The normalized spacial score (nSPS) is 15.2. The summed E-state index contributed by atoms with van der Waals surface area (Å²) in [5.41, 5.74) is 5.54. The van der Waals surface area contributed by atoms with Gasteiger partial charge in [-0.25, -0.2) is 14.8 Å². The van der Waals surface area contributed by atoms with Crippen molar-refractivity contribution < 1.29 is 4.74 Å². The molecule has 7 heteroatoms. The van der Waals surface area contributed by atoms with Gasteiger partial charge in [-0.1, -0.05) is 30.7 Å². The number of nitrogens with one attached hydrogen (secondary N) is 1. The topological polar surface area (TPSA) is 76.0 Å². The molecular weight excluding hydrogens is 438 g/mol. The fourth-order valence-corrected chi connectivity index (χ4v) is 4.37. The number of aryl methyl sites for hydroxylation is 3. The van der Waals surface area contributed by atoms with E-state index < -0.39 is 0 Å². The number of H-pyrrole nitrogens is 1. The molecule has 7 nitrogen and oxygen atoms in total. The molecule has 0 aliphatic carbocycles. The van der Waals surface area contributed by atoms with Gasteiger partial charge in [-0.15, -0.1) is 0 Å². The Balaban J connectivity index is 1.46. The molecule has 0 bridgehead atoms. The van der Waals surface area contributed by atoms with E-state index in [0.29, 0.717) is 5.88 Å². The van der Waals surface area contributed by atoms with Crippen LogP contribution in [0.2, 0.25) is 0 Å². The highest BCUT2D eigenvalue weighted by molar-refractivity contribution is 5.51. The molecule has 35 heavy (non-hydrogen) atoms. The van der Waals surface area contributed by atoms with Gasteiger partial charge in [0, 0.05) is 30.9 Å². The van der Waals surface area contributed by atoms with Crippen LogP contribution in [0.3, 0.4) is 0 Å². The zero-order valence-electron chi connectivity index (χ0n) is 21.3. The summed E-state index contributed by atoms with van der Waals surface area (Å²) in [4.78, 5) is 26.7. The molecule has 4 rings (SSSR count). The van der Waals surface area contributed by atoms with E-state index in [1.807, 2.05) is 47.9 Å². The van der Waals surface area contributed by atoms with Crippen molar-refractivity contribution in [1.29, 1.82) is 0 Å². The number of benzene rings is 1. The molecule has 2 aromatic heterocycles. The van der Waals surface area contributed by atoms with Crippen LogP contribution in [0.5, 0.6) is 11.6 Å². The van der Waals surface area contributed by atoms with E-state index in [2.05, 4.69) is 53.6 Å². The van der Waals surface area contributed by atoms with E-state index in [1.54, 1.807) is 6.33 Å². The highest BCUT2D eigenvalue weighted by Gasteiger charge is 2.25. The smallest absolute Gasteiger partial charge is 0.326 e. The Kier molecular flexibility index (Phi) is 7.54. The van der Waals surface area contributed by atoms with Crippen LogP contribution >= 0.6 is 0 Å². The van der Waals surface area contributed by atoms with Crippen molar-refractivity contribution in [2.75, 3.05) is 18.0 Å². The fraction of sp³-hybridized carbons (Fsp3) is 0.393. The fourth-order valence-electron chi connectivity index (χ4n) is 4.37. The number of nitrogens with zero attached hydrogens (tertiary/aromatic N) is 4. The largest absolute Gasteiger partial charge is 0.439 e. The number of aromatic nitrogens is 4. The molecule has 0 radical (unpaired) electrons. The van der Waals surface area contributed by atoms with Gasteiger partial charge in [-0.05, 0) is 76.3 Å². The van der Waals surface area contributed by atoms with Gasteiger partial charge in [-0.2, -0.15) is 0 Å². The van der Waals surface area contributed by atoms with Crippen molar-refractivity contribution >= 4 is 11.9 Å². The molecule has 1 saturated heterocycles. The third kappa shape index (κ3) is 5.73. The third-order valence-electron chi connectivity index (χ3n) is 6.83. The molecule has 1 N–H and O–H groups in total. The van der Waals surface area contributed by atoms with Crippen LogP contribution in [0.15, 0.2) is 53.1 Å². The summed E-state index contributed by atoms with van der Waals surface area (Å²) in [6, 6.07) is 8.06. The number of anilines is 1. The van der Waals surface area contributed by atoms with Crippen LogP contribution < -0.4 is 15.3 Å². The number of allylic oxidation sites excluding steroid dienone is 3. The molecular formula is C28H35N5O2. The van der Waals surface area contributed by atoms with E-state index in [1.165, 1.54) is 16.7 Å². The lowest BCUT2D eigenvalue weighted by atomic mass is 10.0. The maximum atomic E-state index is 12.7. The lowest BCUT2D eigenvalue weighted by Gasteiger charge is -2.33. The summed E-state index contributed by atoms with van der Waals surface area (Å²) in [7, 11) is 0. The van der Waals surface area contributed by atoms with E-state index in [4.69, 9.17) is 4.74 Å². The summed E-state index contributed by atoms with van der Waals surface area (Å²) in [5, 5.41) is 0. The minimum atomic E-state index is -0.0390. The zero-order chi connectivity index (χ0) is 24.9. The SMILES string of the molecule is CC/C(C)=C/C=C\c1c(C)[nH]c(=O)n1C1CCN(c2cc(Oc3ccc(C)c(C)c3)ncn2)CC1. The number of hydrogen-bond acceptors (Lipinski definition) is 5. The second kappa shape index (κ2) is 10.8. The van der Waals surface area contributed by atoms with Gasteiger partial charge in [0.05, 0.1) is 5.69 Å². The summed E-state index contributed by atoms with van der Waals surface area (Å²) >= 11 is 0. The number of rotatable bonds is 7. The summed E-state index contributed by atoms with van der Waals surface area (Å²) in [6.45, 7) is 12.0. The Hall–Kier alpha value is -3.61. The van der Waals surface area contributed by atoms with E-state index in [-0.39, 0.29) is 11.7 Å². The van der Waals surface area contributed by atoms with Gasteiger partial charge in [0.15, 0.2) is 0 Å². The molecule has 0 atom stereocenters. The summed E-state index contributed by atoms with van der Waals surface area (Å²) in [6.07, 6.45) is 10.5. The van der Waals surface area contributed by atoms with Crippen LogP contribution in [0, 0.1) is 20.8 Å². The highest BCUT2D eigenvalue weighted by Crippen LogP contribution is 2.29. The van der Waals surface area contributed by atoms with Gasteiger partial charge in [0.2, 0.25) is 5.88 Å². The quantitative estimate of drug-likeness (QED) is 0.433. The van der Waals surface area contributed by atoms with Crippen molar-refractivity contribution in [3.05, 3.63) is 81.3 Å². The lowest BCUT2D eigenvalue weighted by Crippen LogP contribution is -2.37. The molecule has 1 aliphatic rings. The maximum Gasteiger partial charge on any atom is 0.326 e. The van der Waals surface area contributed by atoms with Gasteiger partial charge in [0.1, 0.15) is 17.9 Å². The monoisotopic (exact) mass is 473 g/mol. The van der Waals surface area contributed by atoms with Gasteiger partial charge >= 0.3 is 5.69 Å². The first-order chi connectivity index (χ1) is 16.9. The minimum absolute atomic E-state index is 0.0390. The molecule has 184 valence electrons. The molecule has 3 aromatic rings. The minimum Gasteiger partial charge on any atom is -0.439 e. The van der Waals surface area contributed by atoms with E-state index >= 15 is 0 Å². The summed E-state index contributed by atoms with van der Waals surface area (Å²) in [5.74, 6) is 2.14. The molecule has 1 fully saturated rings. The van der Waals surface area contributed by atoms with Crippen molar-refractivity contribution in [2.45, 2.75) is 59.9 Å². The lowest BCUT2D eigenvalue weighted by molar-refractivity contribution is 0.385. The Bertz CT molecular complexity index is 1290. The average Bonchev–Trinajstić information content (AvgIpc) is 3.14. The van der Waals surface area contributed by atoms with Gasteiger partial charge in [-0.3, -0.25) is 4.57 Å². The van der Waals surface area contributed by atoms with Gasteiger partial charge in [0.25, 0.3) is 0 Å². The van der Waals surface area contributed by atoms with E-state index in [9.17, 15) is 4.79 Å². The Labute approximate surface area is 207 Å². The molecule has 0 unspecified atom stereocenters. The third-order valence-corrected chi connectivity index (χ3v) is 6.83. The molecule has 1 aromatic carbocycles. The molecule has 1 aliphatic heterocycles. The second-order valence-corrected chi connectivity index (χ2v) is 9.32. The van der Waals surface area contributed by atoms with Crippen molar-refractivity contribution in [2.24, 2.45) is 0 Å². The Morgan fingerprint density at radius 3 is 2.63 bits per heavy atom. The van der Waals surface area contributed by atoms with Crippen molar-refractivity contribution in [3.63, 3.8) is 0 Å². The van der Waals surface area contributed by atoms with Crippen molar-refractivity contribution in [1.82, 2.24) is 19.5 Å². The first-order valence-electron chi connectivity index (χ1n) is 12.3. The van der Waals surface area contributed by atoms with E-state index in [0.717, 1.165) is 55.3 Å². The Morgan fingerprint density at radius 2 is 1.91 bits per heavy atom. The highest BCUT2D eigenvalue weighted by atomic mass is 16.5. The Morgan fingerprint density at radius 1 is 1.14 bits per heavy atom. The molecule has 0 saturated carbocycles. The zero-order valence-corrected chi connectivity index (χ0v) is 21.3. The average molecular weight is 474 g/mol.